The lowest BCUT2D eigenvalue weighted by atomic mass is 10.1. The first-order valence-corrected chi connectivity index (χ1v) is 22.9. The Balaban J connectivity index is 1.04. The van der Waals surface area contributed by atoms with Gasteiger partial charge in [-0.2, -0.15) is 0 Å². The number of hydrogen-bond acceptors (Lipinski definition) is 18. The summed E-state index contributed by atoms with van der Waals surface area (Å²) in [4.78, 5) is 50.7. The van der Waals surface area contributed by atoms with Crippen molar-refractivity contribution in [1.82, 2.24) is 43.9 Å². The zero-order chi connectivity index (χ0) is 41.7. The van der Waals surface area contributed by atoms with E-state index in [1.54, 1.807) is 20.8 Å². The Bertz CT molecular complexity index is 2290. The van der Waals surface area contributed by atoms with Crippen LogP contribution in [0.3, 0.4) is 0 Å². The summed E-state index contributed by atoms with van der Waals surface area (Å²) in [6.07, 6.45) is -6.94. The second-order valence-electron chi connectivity index (χ2n) is 14.5. The van der Waals surface area contributed by atoms with Gasteiger partial charge in [-0.1, -0.05) is 24.5 Å². The van der Waals surface area contributed by atoms with Gasteiger partial charge in [0, 0.05) is 13.0 Å². The molecule has 3 fully saturated rings. The summed E-state index contributed by atoms with van der Waals surface area (Å²) in [6.45, 7) is -5.03. The summed E-state index contributed by atoms with van der Waals surface area (Å²) in [7, 11) is 1.48. The van der Waals surface area contributed by atoms with Crippen LogP contribution < -0.4 is 11.1 Å². The molecule has 3 aliphatic rings. The number of likely N-dealkylation sites (N-methyl/N-ethyl adjacent to an activating group) is 1. The van der Waals surface area contributed by atoms with E-state index in [0.29, 0.717) is 0 Å². The third-order valence-electron chi connectivity index (χ3n) is 9.28. The molecule has 22 nitrogen and oxygen atoms in total. The first-order chi connectivity index (χ1) is 27.3. The van der Waals surface area contributed by atoms with E-state index < -0.39 is 93.4 Å². The van der Waals surface area contributed by atoms with Crippen molar-refractivity contribution in [2.24, 2.45) is 5.92 Å². The highest BCUT2D eigenvalue weighted by molar-refractivity contribution is 8.44. The van der Waals surface area contributed by atoms with Crippen molar-refractivity contribution < 1.29 is 59.8 Å². The molecule has 1 aliphatic carbocycles. The number of imidazole rings is 2. The van der Waals surface area contributed by atoms with Crippen LogP contribution in [0.25, 0.3) is 22.3 Å². The average molecular weight is 894 g/mol. The number of anilines is 2. The van der Waals surface area contributed by atoms with Crippen molar-refractivity contribution >= 4 is 84.2 Å². The van der Waals surface area contributed by atoms with E-state index in [4.69, 9.17) is 38.0 Å². The molecule has 0 bridgehead atoms. The molecule has 6 heterocycles. The van der Waals surface area contributed by atoms with E-state index >= 15 is 8.78 Å². The van der Waals surface area contributed by atoms with Gasteiger partial charge in [0.15, 0.2) is 40.8 Å². The molecule has 7 rings (SSSR count). The molecule has 0 aromatic carbocycles. The third kappa shape index (κ3) is 9.04. The number of fused-ring (bicyclic) bond motifs is 4. The SMILES string of the molecule is CN(CCOC(=O)Nc1ncnc2c1ncn2[C@@H]1O[C@@H]2CO[P@@](=O)(S)O[C@@H]3C(CO[P@@](=O)(S)O[C@H]2[C@H]1F)C[C@@H](n1cnc2c(N)ncnc21)[C@@H]3F)C(=O)OC(C)(C)C. The predicted molar refractivity (Wildman–Crippen MR) is 205 cm³/mol. The highest BCUT2D eigenvalue weighted by atomic mass is 32.7. The second-order valence-corrected chi connectivity index (χ2v) is 20.2. The largest absolute Gasteiger partial charge is 0.447 e. The van der Waals surface area contributed by atoms with Crippen LogP contribution in [0.4, 0.5) is 30.0 Å². The summed E-state index contributed by atoms with van der Waals surface area (Å²) >= 11 is 8.16. The van der Waals surface area contributed by atoms with Crippen molar-refractivity contribution in [2.75, 3.05) is 44.5 Å². The highest BCUT2D eigenvalue weighted by Gasteiger charge is 2.54. The zero-order valence-corrected chi connectivity index (χ0v) is 34.7. The van der Waals surface area contributed by atoms with E-state index in [1.807, 2.05) is 0 Å². The molecule has 2 aliphatic heterocycles. The molecule has 28 heteroatoms. The van der Waals surface area contributed by atoms with Crippen molar-refractivity contribution in [1.29, 1.82) is 0 Å². The smallest absolute Gasteiger partial charge is 0.412 e. The van der Waals surface area contributed by atoms with Crippen LogP contribution in [-0.2, 0) is 41.4 Å². The van der Waals surface area contributed by atoms with Gasteiger partial charge in [0.1, 0.15) is 54.9 Å². The standard InChI is InChI=1S/C30H39F2N11O11P2S2/c1-30(2,3)52-29(45)41(4)5-6-48-28(44)40-24-20-26(37-11-35-24)43(13-39-20)27-18(32)22-16(51-27)9-50-56(47,58)53-21-14(8-49-55(46,57)54-22)7-15(17(21)31)42-12-38-19-23(33)34-10-36-25(19)42/h10-18,21-22,27H,5-9H2,1-4H3,(H,46,57)(H,47,58)(H2,33,34,36)(H,35,37,40,44)/t14?,15-,16-,17+,18-,21-,22-,27-,55-,56-/m1/s1. The molecule has 2 saturated heterocycles. The molecular formula is C30H39F2N11O11P2S2. The molecule has 1 unspecified atom stereocenters. The monoisotopic (exact) mass is 893 g/mol. The lowest BCUT2D eigenvalue weighted by Crippen LogP contribution is -2.36. The molecule has 3 N–H and O–H groups in total. The molecule has 4 aromatic heterocycles. The molecule has 316 valence electrons. The van der Waals surface area contributed by atoms with Gasteiger partial charge in [-0.3, -0.25) is 23.5 Å². The van der Waals surface area contributed by atoms with E-state index in [2.05, 4.69) is 59.7 Å². The van der Waals surface area contributed by atoms with Crippen LogP contribution in [0.2, 0.25) is 0 Å². The van der Waals surface area contributed by atoms with Crippen molar-refractivity contribution in [2.45, 2.75) is 75.7 Å². The minimum Gasteiger partial charge on any atom is -0.447 e. The average Bonchev–Trinajstić information content (AvgIpc) is 3.91. The number of carbonyl (C=O) groups excluding carboxylic acids is 2. The minimum atomic E-state index is -4.42. The van der Waals surface area contributed by atoms with Gasteiger partial charge in [0.25, 0.3) is 0 Å². The van der Waals surface area contributed by atoms with Crippen LogP contribution >= 0.6 is 38.1 Å². The van der Waals surface area contributed by atoms with Gasteiger partial charge in [-0.05, 0) is 27.2 Å². The molecule has 58 heavy (non-hydrogen) atoms. The number of nitrogens with two attached hydrogens (primary N) is 1. The first-order valence-electron chi connectivity index (χ1n) is 17.5. The molecular weight excluding hydrogens is 854 g/mol. The van der Waals surface area contributed by atoms with E-state index in [1.165, 1.54) is 33.7 Å². The van der Waals surface area contributed by atoms with Crippen LogP contribution in [0.1, 0.15) is 39.5 Å². The normalized spacial score (nSPS) is 31.9. The maximum Gasteiger partial charge on any atom is 0.412 e. The van der Waals surface area contributed by atoms with Crippen LogP contribution in [0, 0.1) is 5.92 Å². The Morgan fingerprint density at radius 1 is 0.948 bits per heavy atom. The lowest BCUT2D eigenvalue weighted by molar-refractivity contribution is -0.0451. The predicted octanol–water partition coefficient (Wildman–Crippen LogP) is 4.69. The Kier molecular flexibility index (Phi) is 12.0. The topological polar surface area (TPSA) is 261 Å². The first kappa shape index (κ1) is 42.4. The van der Waals surface area contributed by atoms with Crippen molar-refractivity contribution in [3.05, 3.63) is 25.3 Å². The van der Waals surface area contributed by atoms with Gasteiger partial charge in [0.05, 0.1) is 38.5 Å². The number of nitrogens with one attached hydrogen (secondary N) is 1. The quantitative estimate of drug-likeness (QED) is 0.151. The number of alkyl halides is 2. The number of nitrogens with zero attached hydrogens (tertiary/aromatic N) is 9. The number of aromatic nitrogens is 8. The maximum absolute atomic E-state index is 16.4. The molecule has 2 amide bonds. The van der Waals surface area contributed by atoms with Crippen molar-refractivity contribution in [3.63, 3.8) is 0 Å². The number of hydrogen-bond donors (Lipinski definition) is 4. The molecule has 0 radical (unpaired) electrons. The fourth-order valence-corrected chi connectivity index (χ4v) is 9.66. The summed E-state index contributed by atoms with van der Waals surface area (Å²) in [5, 5.41) is 2.43. The van der Waals surface area contributed by atoms with Gasteiger partial charge >= 0.3 is 25.8 Å². The number of ether oxygens (including phenoxy) is 3. The van der Waals surface area contributed by atoms with Gasteiger partial charge in [0.2, 0.25) is 0 Å². The molecule has 4 aromatic rings. The number of halogens is 2. The summed E-state index contributed by atoms with van der Waals surface area (Å²) in [5.41, 5.74) is 5.67. The molecule has 0 spiro atoms. The van der Waals surface area contributed by atoms with E-state index in [-0.39, 0.29) is 53.5 Å². The van der Waals surface area contributed by atoms with Crippen LogP contribution in [0.5, 0.6) is 0 Å². The highest BCUT2D eigenvalue weighted by Crippen LogP contribution is 2.61. The minimum absolute atomic E-state index is 0.00544. The number of thiol groups is 2. The van der Waals surface area contributed by atoms with Gasteiger partial charge < -0.3 is 33.9 Å². The number of amides is 2. The summed E-state index contributed by atoms with van der Waals surface area (Å²) in [6, 6.07) is -0.983. The number of carbonyl (C=O) groups is 2. The molecule has 1 saturated carbocycles. The zero-order valence-electron chi connectivity index (χ0n) is 31.1. The fraction of sp³-hybridized carbons (Fsp3) is 0.600. The summed E-state index contributed by atoms with van der Waals surface area (Å²) in [5.74, 6) is -0.934. The Labute approximate surface area is 338 Å². The fourth-order valence-electron chi connectivity index (χ4n) is 6.61. The van der Waals surface area contributed by atoms with Gasteiger partial charge in [-0.25, -0.2) is 57.4 Å². The molecule has 10 atom stereocenters. The second kappa shape index (κ2) is 16.4. The Morgan fingerprint density at radius 2 is 1.59 bits per heavy atom. The summed E-state index contributed by atoms with van der Waals surface area (Å²) < 4.78 is 101. The van der Waals surface area contributed by atoms with Crippen molar-refractivity contribution in [3.8, 4) is 0 Å². The van der Waals surface area contributed by atoms with E-state index in [9.17, 15) is 18.7 Å². The third-order valence-corrected chi connectivity index (χ3v) is 12.5. The number of nitrogen functional groups attached to an aromatic ring is 1. The van der Waals surface area contributed by atoms with Crippen LogP contribution in [0.15, 0.2) is 25.3 Å². The number of rotatable bonds is 6. The van der Waals surface area contributed by atoms with Gasteiger partial charge in [-0.15, -0.1) is 0 Å². The van der Waals surface area contributed by atoms with E-state index in [0.717, 1.165) is 12.7 Å². The van der Waals surface area contributed by atoms with Crippen LogP contribution in [-0.4, -0.2) is 126 Å². The lowest BCUT2D eigenvalue weighted by Gasteiger charge is -2.29. The Hall–Kier alpha value is -3.74. The Morgan fingerprint density at radius 3 is 2.31 bits per heavy atom. The maximum atomic E-state index is 16.4.